The van der Waals surface area contributed by atoms with Crippen molar-refractivity contribution in [3.63, 3.8) is 0 Å². The Hall–Kier alpha value is -3.40. The Morgan fingerprint density at radius 3 is 2.81 bits per heavy atom. The van der Waals surface area contributed by atoms with Crippen LogP contribution in [-0.4, -0.2) is 54.6 Å². The summed E-state index contributed by atoms with van der Waals surface area (Å²) in [6, 6.07) is 10.1. The Kier molecular flexibility index (Phi) is 4.85. The molecule has 5 rings (SSSR count). The summed E-state index contributed by atoms with van der Waals surface area (Å²) in [5.41, 5.74) is 1.24. The zero-order chi connectivity index (χ0) is 21.5. The number of hydrogen-bond donors (Lipinski definition) is 0. The first kappa shape index (κ1) is 19.6. The topological polar surface area (TPSA) is 88.5 Å². The van der Waals surface area contributed by atoms with Crippen LogP contribution in [0.2, 0.25) is 0 Å². The molecule has 0 radical (unpaired) electrons. The van der Waals surface area contributed by atoms with Crippen LogP contribution >= 0.6 is 0 Å². The summed E-state index contributed by atoms with van der Waals surface area (Å²) in [6.07, 6.45) is 1.16. The summed E-state index contributed by atoms with van der Waals surface area (Å²) in [5, 5.41) is 17.2. The first-order valence-electron chi connectivity index (χ1n) is 10.3. The largest absolute Gasteiger partial charge is 0.339 e. The highest BCUT2D eigenvalue weighted by Gasteiger charge is 2.33. The lowest BCUT2D eigenvalue weighted by molar-refractivity contribution is 0.151. The molecule has 0 N–H and O–H groups in total. The minimum absolute atomic E-state index is 0.161. The molecule has 1 aliphatic rings. The summed E-state index contributed by atoms with van der Waals surface area (Å²) in [7, 11) is 2.03. The number of nitrogens with zero attached hydrogens (tertiary/aromatic N) is 8. The van der Waals surface area contributed by atoms with Crippen LogP contribution in [0.25, 0.3) is 17.0 Å². The molecule has 4 aromatic rings. The van der Waals surface area contributed by atoms with Gasteiger partial charge in [0.25, 0.3) is 0 Å². The monoisotopic (exact) mass is 422 g/mol. The van der Waals surface area contributed by atoms with Crippen molar-refractivity contribution >= 4 is 11.5 Å². The number of halogens is 1. The molecule has 160 valence electrons. The fourth-order valence-electron chi connectivity index (χ4n) is 3.72. The molecule has 1 fully saturated rings. The second-order valence-corrected chi connectivity index (χ2v) is 8.07. The fraction of sp³-hybridized carbons (Fsp3) is 0.381. The SMILES string of the molecule is CC(C)c1noc(CN(C)C2CCN2c2ccc3nnc(-c4cccc(F)c4)n3n2)n1. The summed E-state index contributed by atoms with van der Waals surface area (Å²) in [5.74, 6) is 2.55. The summed E-state index contributed by atoms with van der Waals surface area (Å²) in [4.78, 5) is 8.85. The van der Waals surface area contributed by atoms with Crippen LogP contribution in [0.3, 0.4) is 0 Å². The van der Waals surface area contributed by atoms with Crippen molar-refractivity contribution in [2.45, 2.75) is 38.9 Å². The zero-order valence-corrected chi connectivity index (χ0v) is 17.6. The molecule has 0 saturated carbocycles. The molecule has 1 saturated heterocycles. The van der Waals surface area contributed by atoms with Crippen LogP contribution in [0.5, 0.6) is 0 Å². The van der Waals surface area contributed by atoms with E-state index in [1.54, 1.807) is 16.6 Å². The van der Waals surface area contributed by atoms with E-state index in [1.165, 1.54) is 12.1 Å². The van der Waals surface area contributed by atoms with Gasteiger partial charge in [0.15, 0.2) is 23.1 Å². The third kappa shape index (κ3) is 3.63. The minimum atomic E-state index is -0.323. The normalized spacial score (nSPS) is 16.5. The fourth-order valence-corrected chi connectivity index (χ4v) is 3.72. The van der Waals surface area contributed by atoms with Gasteiger partial charge in [0, 0.05) is 18.0 Å². The zero-order valence-electron chi connectivity index (χ0n) is 17.6. The lowest BCUT2D eigenvalue weighted by atomic mass is 10.1. The second kappa shape index (κ2) is 7.69. The molecule has 0 aliphatic carbocycles. The first-order valence-corrected chi connectivity index (χ1v) is 10.3. The van der Waals surface area contributed by atoms with Gasteiger partial charge in [0.1, 0.15) is 5.82 Å². The molecule has 4 heterocycles. The molecule has 1 aromatic carbocycles. The van der Waals surface area contributed by atoms with Gasteiger partial charge in [0.2, 0.25) is 5.89 Å². The van der Waals surface area contributed by atoms with Crippen molar-refractivity contribution < 1.29 is 8.91 Å². The van der Waals surface area contributed by atoms with Crippen LogP contribution in [0.4, 0.5) is 10.2 Å². The average Bonchev–Trinajstić information content (AvgIpc) is 3.34. The highest BCUT2D eigenvalue weighted by molar-refractivity contribution is 5.60. The van der Waals surface area contributed by atoms with Crippen molar-refractivity contribution in [3.8, 4) is 11.4 Å². The van der Waals surface area contributed by atoms with Crippen LogP contribution in [0.15, 0.2) is 40.9 Å². The standard InChI is InChI=1S/C21H23FN8O/c1-13(2)20-23-18(31-27-20)12-28(3)19-9-10-29(19)17-8-7-16-24-25-21(30(16)26-17)14-5-4-6-15(22)11-14/h4-8,11,13,19H,9-10,12H2,1-3H3. The molecular weight excluding hydrogens is 399 g/mol. The Morgan fingerprint density at radius 1 is 1.23 bits per heavy atom. The van der Waals surface area contributed by atoms with Crippen molar-refractivity contribution in [1.29, 1.82) is 0 Å². The maximum Gasteiger partial charge on any atom is 0.240 e. The van der Waals surface area contributed by atoms with Crippen molar-refractivity contribution in [2.75, 3.05) is 18.5 Å². The number of aromatic nitrogens is 6. The van der Waals surface area contributed by atoms with E-state index in [2.05, 4.69) is 30.1 Å². The van der Waals surface area contributed by atoms with Crippen molar-refractivity contribution in [2.24, 2.45) is 0 Å². The van der Waals surface area contributed by atoms with Gasteiger partial charge in [-0.15, -0.1) is 15.3 Å². The third-order valence-electron chi connectivity index (χ3n) is 5.51. The smallest absolute Gasteiger partial charge is 0.240 e. The molecule has 0 bridgehead atoms. The Balaban J connectivity index is 1.38. The Morgan fingerprint density at radius 2 is 2.10 bits per heavy atom. The molecule has 1 aliphatic heterocycles. The first-order chi connectivity index (χ1) is 15.0. The van der Waals surface area contributed by atoms with Crippen LogP contribution in [0.1, 0.15) is 37.9 Å². The van der Waals surface area contributed by atoms with E-state index < -0.39 is 0 Å². The van der Waals surface area contributed by atoms with Gasteiger partial charge in [0.05, 0.1) is 12.7 Å². The van der Waals surface area contributed by atoms with E-state index in [0.29, 0.717) is 29.5 Å². The van der Waals surface area contributed by atoms with Gasteiger partial charge in [-0.25, -0.2) is 4.39 Å². The quantitative estimate of drug-likeness (QED) is 0.468. The van der Waals surface area contributed by atoms with E-state index >= 15 is 0 Å². The van der Waals surface area contributed by atoms with Crippen LogP contribution in [0, 0.1) is 5.82 Å². The van der Waals surface area contributed by atoms with Gasteiger partial charge in [-0.1, -0.05) is 31.1 Å². The highest BCUT2D eigenvalue weighted by atomic mass is 19.1. The third-order valence-corrected chi connectivity index (χ3v) is 5.51. The van der Waals surface area contributed by atoms with Gasteiger partial charge in [-0.2, -0.15) is 9.50 Å². The maximum absolute atomic E-state index is 13.7. The number of hydrogen-bond acceptors (Lipinski definition) is 8. The molecule has 10 heteroatoms. The molecular formula is C21H23FN8O. The average molecular weight is 422 g/mol. The van der Waals surface area contributed by atoms with Gasteiger partial charge < -0.3 is 9.42 Å². The van der Waals surface area contributed by atoms with Crippen molar-refractivity contribution in [3.05, 3.63) is 53.9 Å². The van der Waals surface area contributed by atoms with Gasteiger partial charge in [-0.05, 0) is 37.7 Å². The minimum Gasteiger partial charge on any atom is -0.339 e. The van der Waals surface area contributed by atoms with E-state index in [9.17, 15) is 4.39 Å². The van der Waals surface area contributed by atoms with E-state index in [0.717, 1.165) is 24.6 Å². The maximum atomic E-state index is 13.7. The van der Waals surface area contributed by atoms with E-state index in [1.807, 2.05) is 33.0 Å². The number of benzene rings is 1. The predicted molar refractivity (Wildman–Crippen MR) is 112 cm³/mol. The summed E-state index contributed by atoms with van der Waals surface area (Å²) >= 11 is 0. The lowest BCUT2D eigenvalue weighted by Crippen LogP contribution is -2.56. The molecule has 0 amide bonds. The molecule has 1 atom stereocenters. The van der Waals surface area contributed by atoms with E-state index in [4.69, 9.17) is 9.62 Å². The molecule has 31 heavy (non-hydrogen) atoms. The van der Waals surface area contributed by atoms with Crippen molar-refractivity contribution in [1.82, 2.24) is 34.9 Å². The molecule has 1 unspecified atom stereocenters. The number of rotatable bonds is 6. The second-order valence-electron chi connectivity index (χ2n) is 8.07. The van der Waals surface area contributed by atoms with Crippen LogP contribution < -0.4 is 4.90 Å². The Bertz CT molecular complexity index is 1220. The van der Waals surface area contributed by atoms with Gasteiger partial charge in [-0.3, -0.25) is 4.90 Å². The molecule has 3 aromatic heterocycles. The number of anilines is 1. The molecule has 0 spiro atoms. The number of fused-ring (bicyclic) bond motifs is 1. The lowest BCUT2D eigenvalue weighted by Gasteiger charge is -2.46. The van der Waals surface area contributed by atoms with Crippen LogP contribution in [-0.2, 0) is 6.54 Å². The Labute approximate surface area is 178 Å². The summed E-state index contributed by atoms with van der Waals surface area (Å²) in [6.45, 7) is 5.52. The van der Waals surface area contributed by atoms with E-state index in [-0.39, 0.29) is 17.9 Å². The van der Waals surface area contributed by atoms with Gasteiger partial charge >= 0.3 is 0 Å². The summed E-state index contributed by atoms with van der Waals surface area (Å²) < 4.78 is 20.7. The predicted octanol–water partition coefficient (Wildman–Crippen LogP) is 3.11. The molecule has 9 nitrogen and oxygen atoms in total. The highest BCUT2D eigenvalue weighted by Crippen LogP contribution is 2.28.